The lowest BCUT2D eigenvalue weighted by Crippen LogP contribution is -2.36. The molecule has 8 nitrogen and oxygen atoms in total. The molecule has 2 aromatic heterocycles. The Hall–Kier alpha value is -3.13. The van der Waals surface area contributed by atoms with E-state index in [0.29, 0.717) is 57.3 Å². The molecule has 3 aromatic rings. The number of carbonyl (C=O) groups is 1. The van der Waals surface area contributed by atoms with E-state index >= 15 is 0 Å². The van der Waals surface area contributed by atoms with Crippen molar-refractivity contribution in [3.8, 4) is 17.3 Å². The number of carbonyl (C=O) groups excluding carboxylic acids is 1. The number of oxazole rings is 1. The van der Waals surface area contributed by atoms with E-state index in [1.807, 2.05) is 47.7 Å². The lowest BCUT2D eigenvalue weighted by Gasteiger charge is -2.28. The first-order chi connectivity index (χ1) is 15.6. The number of aryl methyl sites for hydroxylation is 2. The molecule has 170 valence electrons. The van der Waals surface area contributed by atoms with E-state index in [2.05, 4.69) is 4.98 Å². The van der Waals surface area contributed by atoms with Crippen LogP contribution in [0.3, 0.4) is 0 Å². The highest BCUT2D eigenvalue weighted by Gasteiger charge is 2.29. The van der Waals surface area contributed by atoms with Crippen LogP contribution < -0.4 is 4.74 Å². The third-order valence-corrected chi connectivity index (χ3v) is 5.76. The number of rotatable bonds is 9. The normalized spacial score (nSPS) is 13.3. The number of nitrogens with zero attached hydrogens (tertiary/aromatic N) is 4. The molecule has 0 atom stereocenters. The maximum atomic E-state index is 13.0. The lowest BCUT2D eigenvalue weighted by molar-refractivity contribution is -0.132. The second-order valence-electron chi connectivity index (χ2n) is 7.85. The van der Waals surface area contributed by atoms with Gasteiger partial charge in [0.15, 0.2) is 5.69 Å². The molecular formula is C24H30N4O4. The van der Waals surface area contributed by atoms with Gasteiger partial charge in [-0.15, -0.1) is 0 Å². The van der Waals surface area contributed by atoms with Crippen LogP contribution in [0.4, 0.5) is 0 Å². The summed E-state index contributed by atoms with van der Waals surface area (Å²) in [5, 5.41) is 4.78. The minimum absolute atomic E-state index is 0.123. The first kappa shape index (κ1) is 22.1. The summed E-state index contributed by atoms with van der Waals surface area (Å²) in [6, 6.07) is 7.84. The molecule has 0 saturated heterocycles. The standard InChI is InChI=1S/C24H30N4O4/c1-4-31-14-13-28-20-11-12-27(16-19(20)23(26-28)24-25-15-17(2)32-24)22(29)10-9-18-7-5-6-8-21(18)30-3/h5-8,15H,4,9-14,16H2,1-3H3. The second kappa shape index (κ2) is 9.99. The number of fused-ring (bicyclic) bond motifs is 1. The average Bonchev–Trinajstić information content (AvgIpc) is 3.40. The molecule has 0 spiro atoms. The molecule has 3 heterocycles. The van der Waals surface area contributed by atoms with Gasteiger partial charge in [-0.2, -0.15) is 5.10 Å². The van der Waals surface area contributed by atoms with E-state index in [0.717, 1.165) is 34.8 Å². The van der Waals surface area contributed by atoms with Crippen LogP contribution in [-0.2, 0) is 35.5 Å². The van der Waals surface area contributed by atoms with E-state index in [-0.39, 0.29) is 5.91 Å². The predicted octanol–water partition coefficient (Wildman–Crippen LogP) is 3.41. The van der Waals surface area contributed by atoms with Gasteiger partial charge in [0.05, 0.1) is 26.5 Å². The maximum absolute atomic E-state index is 13.0. The van der Waals surface area contributed by atoms with Gasteiger partial charge < -0.3 is 18.8 Å². The molecule has 0 fully saturated rings. The highest BCUT2D eigenvalue weighted by atomic mass is 16.5. The summed E-state index contributed by atoms with van der Waals surface area (Å²) in [5.41, 5.74) is 3.90. The van der Waals surface area contributed by atoms with E-state index < -0.39 is 0 Å². The number of methoxy groups -OCH3 is 1. The Bertz CT molecular complexity index is 1070. The van der Waals surface area contributed by atoms with Gasteiger partial charge in [-0.05, 0) is 31.9 Å². The largest absolute Gasteiger partial charge is 0.496 e. The van der Waals surface area contributed by atoms with Crippen molar-refractivity contribution < 1.29 is 18.7 Å². The predicted molar refractivity (Wildman–Crippen MR) is 119 cm³/mol. The number of benzene rings is 1. The third-order valence-electron chi connectivity index (χ3n) is 5.76. The van der Waals surface area contributed by atoms with Crippen LogP contribution >= 0.6 is 0 Å². The number of ether oxygens (including phenoxy) is 2. The Morgan fingerprint density at radius 3 is 2.88 bits per heavy atom. The number of aromatic nitrogens is 3. The highest BCUT2D eigenvalue weighted by molar-refractivity contribution is 5.77. The zero-order valence-corrected chi connectivity index (χ0v) is 19.0. The summed E-state index contributed by atoms with van der Waals surface area (Å²) < 4.78 is 18.7. The molecule has 0 saturated carbocycles. The van der Waals surface area contributed by atoms with Crippen LogP contribution in [0.25, 0.3) is 11.6 Å². The molecule has 0 N–H and O–H groups in total. The highest BCUT2D eigenvalue weighted by Crippen LogP contribution is 2.30. The van der Waals surface area contributed by atoms with E-state index in [4.69, 9.17) is 19.0 Å². The van der Waals surface area contributed by atoms with Crippen LogP contribution in [-0.4, -0.2) is 52.4 Å². The summed E-state index contributed by atoms with van der Waals surface area (Å²) in [7, 11) is 1.65. The van der Waals surface area contributed by atoms with E-state index in [1.165, 1.54) is 0 Å². The molecule has 1 aliphatic heterocycles. The fourth-order valence-electron chi connectivity index (χ4n) is 4.13. The Morgan fingerprint density at radius 1 is 1.28 bits per heavy atom. The Morgan fingerprint density at radius 2 is 2.12 bits per heavy atom. The zero-order valence-electron chi connectivity index (χ0n) is 19.0. The Kier molecular flexibility index (Phi) is 6.90. The van der Waals surface area contributed by atoms with Crippen molar-refractivity contribution >= 4 is 5.91 Å². The summed E-state index contributed by atoms with van der Waals surface area (Å²) in [6.45, 7) is 6.95. The second-order valence-corrected chi connectivity index (χ2v) is 7.85. The van der Waals surface area contributed by atoms with E-state index in [9.17, 15) is 4.79 Å². The van der Waals surface area contributed by atoms with Gasteiger partial charge in [0.25, 0.3) is 0 Å². The lowest BCUT2D eigenvalue weighted by atomic mass is 10.0. The number of amides is 1. The number of hydrogen-bond acceptors (Lipinski definition) is 6. The van der Waals surface area contributed by atoms with Crippen molar-refractivity contribution in [3.05, 3.63) is 53.0 Å². The molecule has 32 heavy (non-hydrogen) atoms. The molecule has 1 aromatic carbocycles. The van der Waals surface area contributed by atoms with Crippen molar-refractivity contribution in [3.63, 3.8) is 0 Å². The third kappa shape index (κ3) is 4.70. The van der Waals surface area contributed by atoms with Gasteiger partial charge in [0, 0.05) is 43.8 Å². The molecule has 0 radical (unpaired) electrons. The van der Waals surface area contributed by atoms with Gasteiger partial charge in [-0.3, -0.25) is 9.48 Å². The molecule has 0 aliphatic carbocycles. The fourth-order valence-corrected chi connectivity index (χ4v) is 4.13. The minimum Gasteiger partial charge on any atom is -0.496 e. The van der Waals surface area contributed by atoms with Crippen LogP contribution in [0.15, 0.2) is 34.9 Å². The Balaban J connectivity index is 1.51. The monoisotopic (exact) mass is 438 g/mol. The van der Waals surface area contributed by atoms with Gasteiger partial charge in [0.2, 0.25) is 11.8 Å². The van der Waals surface area contributed by atoms with Gasteiger partial charge >= 0.3 is 0 Å². The summed E-state index contributed by atoms with van der Waals surface area (Å²) in [6.07, 6.45) is 3.52. The van der Waals surface area contributed by atoms with Gasteiger partial charge in [-0.1, -0.05) is 18.2 Å². The molecule has 0 unspecified atom stereocenters. The summed E-state index contributed by atoms with van der Waals surface area (Å²) in [4.78, 5) is 19.3. The topological polar surface area (TPSA) is 82.6 Å². The van der Waals surface area contributed by atoms with Crippen LogP contribution in [0.2, 0.25) is 0 Å². The van der Waals surface area contributed by atoms with Gasteiger partial charge in [0.1, 0.15) is 11.5 Å². The average molecular weight is 439 g/mol. The van der Waals surface area contributed by atoms with Crippen molar-refractivity contribution in [1.29, 1.82) is 0 Å². The molecule has 0 bridgehead atoms. The fraction of sp³-hybridized carbons (Fsp3) is 0.458. The SMILES string of the molecule is CCOCCn1nc(-c2ncc(C)o2)c2c1CCN(C(=O)CCc1ccccc1OC)C2. The Labute approximate surface area is 188 Å². The molecule has 1 amide bonds. The van der Waals surface area contributed by atoms with Crippen molar-refractivity contribution in [2.75, 3.05) is 26.9 Å². The van der Waals surface area contributed by atoms with Crippen LogP contribution in [0.1, 0.15) is 35.9 Å². The first-order valence-electron chi connectivity index (χ1n) is 11.1. The maximum Gasteiger partial charge on any atom is 0.247 e. The molecular weight excluding hydrogens is 408 g/mol. The first-order valence-corrected chi connectivity index (χ1v) is 11.1. The zero-order chi connectivity index (χ0) is 22.5. The summed E-state index contributed by atoms with van der Waals surface area (Å²) in [5.74, 6) is 2.17. The molecule has 4 rings (SSSR count). The summed E-state index contributed by atoms with van der Waals surface area (Å²) >= 11 is 0. The molecule has 8 heteroatoms. The van der Waals surface area contributed by atoms with Crippen molar-refractivity contribution in [2.24, 2.45) is 0 Å². The van der Waals surface area contributed by atoms with Crippen molar-refractivity contribution in [2.45, 2.75) is 46.2 Å². The quantitative estimate of drug-likeness (QED) is 0.476. The van der Waals surface area contributed by atoms with Crippen LogP contribution in [0, 0.1) is 6.92 Å². The number of para-hydroxylation sites is 1. The van der Waals surface area contributed by atoms with Crippen LogP contribution in [0.5, 0.6) is 5.75 Å². The van der Waals surface area contributed by atoms with E-state index in [1.54, 1.807) is 13.3 Å². The van der Waals surface area contributed by atoms with Gasteiger partial charge in [-0.25, -0.2) is 4.98 Å². The minimum atomic E-state index is 0.123. The van der Waals surface area contributed by atoms with Crippen molar-refractivity contribution in [1.82, 2.24) is 19.7 Å². The molecule has 1 aliphatic rings. The number of hydrogen-bond donors (Lipinski definition) is 0. The smallest absolute Gasteiger partial charge is 0.247 e.